The van der Waals surface area contributed by atoms with Crippen molar-refractivity contribution in [3.05, 3.63) is 101 Å². The average molecular weight is 390 g/mol. The summed E-state index contributed by atoms with van der Waals surface area (Å²) in [7, 11) is 2.09. The standard InChI is InChI=1S/C28H25N2/c1-19-9-8-12-24(18-29)28(19)25-14-13-20(2)27(21(25)3)26-17-23(15-16-30(26)4)22-10-6-5-7-11-22/h5-17H,1-4H3/q+1. The molecule has 146 valence electrons. The van der Waals surface area contributed by atoms with Crippen LogP contribution in [0.4, 0.5) is 0 Å². The summed E-state index contributed by atoms with van der Waals surface area (Å²) in [5.41, 5.74) is 11.2. The van der Waals surface area contributed by atoms with Gasteiger partial charge in [-0.3, -0.25) is 0 Å². The number of aryl methyl sites for hydroxylation is 3. The van der Waals surface area contributed by atoms with Crippen LogP contribution in [0, 0.1) is 32.1 Å². The van der Waals surface area contributed by atoms with Crippen LogP contribution in [0.2, 0.25) is 0 Å². The highest BCUT2D eigenvalue weighted by Gasteiger charge is 2.20. The van der Waals surface area contributed by atoms with Gasteiger partial charge in [0.2, 0.25) is 5.69 Å². The highest BCUT2D eigenvalue weighted by atomic mass is 14.9. The zero-order valence-corrected chi connectivity index (χ0v) is 17.9. The molecule has 0 atom stereocenters. The minimum Gasteiger partial charge on any atom is -0.201 e. The molecule has 4 aromatic rings. The van der Waals surface area contributed by atoms with Crippen LogP contribution in [0.25, 0.3) is 33.5 Å². The summed E-state index contributed by atoms with van der Waals surface area (Å²) in [4.78, 5) is 0. The lowest BCUT2D eigenvalue weighted by Crippen LogP contribution is -2.30. The largest absolute Gasteiger partial charge is 0.213 e. The molecule has 0 radical (unpaired) electrons. The Bertz CT molecular complexity index is 1280. The Morgan fingerprint density at radius 2 is 1.47 bits per heavy atom. The number of aromatic nitrogens is 1. The molecule has 4 rings (SSSR count). The summed E-state index contributed by atoms with van der Waals surface area (Å²) in [5.74, 6) is 0. The average Bonchev–Trinajstić information content (AvgIpc) is 2.76. The highest BCUT2D eigenvalue weighted by Crippen LogP contribution is 2.37. The SMILES string of the molecule is Cc1cccc(C#N)c1-c1ccc(C)c(-c2cc(-c3ccccc3)cc[n+]2C)c1C. The van der Waals surface area contributed by atoms with Gasteiger partial charge in [-0.05, 0) is 60.2 Å². The summed E-state index contributed by atoms with van der Waals surface area (Å²) < 4.78 is 2.18. The van der Waals surface area contributed by atoms with Crippen LogP contribution in [0.5, 0.6) is 0 Å². The van der Waals surface area contributed by atoms with Crippen molar-refractivity contribution in [1.82, 2.24) is 0 Å². The molecule has 2 nitrogen and oxygen atoms in total. The first-order valence-corrected chi connectivity index (χ1v) is 10.2. The molecule has 0 aliphatic heterocycles. The number of nitrogens with zero attached hydrogens (tertiary/aromatic N) is 2. The van der Waals surface area contributed by atoms with Gasteiger partial charge in [0.05, 0.1) is 17.2 Å². The van der Waals surface area contributed by atoms with Gasteiger partial charge < -0.3 is 0 Å². The second kappa shape index (κ2) is 7.97. The van der Waals surface area contributed by atoms with E-state index < -0.39 is 0 Å². The normalized spacial score (nSPS) is 10.6. The smallest absolute Gasteiger partial charge is 0.201 e. The van der Waals surface area contributed by atoms with E-state index in [4.69, 9.17) is 0 Å². The summed E-state index contributed by atoms with van der Waals surface area (Å²) in [6, 6.07) is 27.5. The molecule has 0 aliphatic rings. The predicted molar refractivity (Wildman–Crippen MR) is 123 cm³/mol. The number of hydrogen-bond acceptors (Lipinski definition) is 1. The topological polar surface area (TPSA) is 27.7 Å². The van der Waals surface area contributed by atoms with Gasteiger partial charge in [-0.25, -0.2) is 4.57 Å². The number of hydrogen-bond donors (Lipinski definition) is 0. The van der Waals surface area contributed by atoms with Gasteiger partial charge in [-0.15, -0.1) is 0 Å². The molecule has 0 N–H and O–H groups in total. The first kappa shape index (κ1) is 19.6. The van der Waals surface area contributed by atoms with Crippen LogP contribution >= 0.6 is 0 Å². The van der Waals surface area contributed by atoms with Crippen LogP contribution in [0.3, 0.4) is 0 Å². The van der Waals surface area contributed by atoms with E-state index in [1.807, 2.05) is 18.2 Å². The third kappa shape index (κ3) is 3.40. The van der Waals surface area contributed by atoms with Crippen molar-refractivity contribution in [2.75, 3.05) is 0 Å². The molecule has 2 heteroatoms. The van der Waals surface area contributed by atoms with Crippen LogP contribution in [-0.4, -0.2) is 0 Å². The van der Waals surface area contributed by atoms with E-state index in [1.54, 1.807) is 0 Å². The van der Waals surface area contributed by atoms with E-state index in [9.17, 15) is 5.26 Å². The molecular formula is C28H25N2+. The number of benzene rings is 3. The lowest BCUT2D eigenvalue weighted by Gasteiger charge is -2.16. The molecule has 1 heterocycles. The maximum atomic E-state index is 9.69. The van der Waals surface area contributed by atoms with Crippen molar-refractivity contribution in [2.24, 2.45) is 7.05 Å². The number of rotatable bonds is 3. The first-order chi connectivity index (χ1) is 14.5. The van der Waals surface area contributed by atoms with Gasteiger partial charge in [0.15, 0.2) is 6.20 Å². The van der Waals surface area contributed by atoms with E-state index in [-0.39, 0.29) is 0 Å². The van der Waals surface area contributed by atoms with E-state index in [0.717, 1.165) is 22.3 Å². The minimum absolute atomic E-state index is 0.718. The zero-order chi connectivity index (χ0) is 21.3. The second-order valence-electron chi connectivity index (χ2n) is 7.82. The molecule has 0 amide bonds. The fourth-order valence-corrected chi connectivity index (χ4v) is 4.26. The van der Waals surface area contributed by atoms with Gasteiger partial charge in [-0.1, -0.05) is 54.6 Å². The van der Waals surface area contributed by atoms with Crippen molar-refractivity contribution in [3.63, 3.8) is 0 Å². The highest BCUT2D eigenvalue weighted by molar-refractivity contribution is 5.83. The Labute approximate surface area is 178 Å². The lowest BCUT2D eigenvalue weighted by molar-refractivity contribution is -0.660. The maximum absolute atomic E-state index is 9.69. The van der Waals surface area contributed by atoms with E-state index >= 15 is 0 Å². The van der Waals surface area contributed by atoms with E-state index in [1.165, 1.54) is 33.5 Å². The Morgan fingerprint density at radius 1 is 0.733 bits per heavy atom. The number of pyridine rings is 1. The summed E-state index contributed by atoms with van der Waals surface area (Å²) in [5, 5.41) is 9.69. The van der Waals surface area contributed by atoms with Crippen LogP contribution < -0.4 is 4.57 Å². The maximum Gasteiger partial charge on any atom is 0.213 e. The second-order valence-corrected chi connectivity index (χ2v) is 7.82. The Hall–Kier alpha value is -3.70. The van der Waals surface area contributed by atoms with Gasteiger partial charge in [0.25, 0.3) is 0 Å². The van der Waals surface area contributed by atoms with Gasteiger partial charge >= 0.3 is 0 Å². The fourth-order valence-electron chi connectivity index (χ4n) is 4.26. The molecule has 30 heavy (non-hydrogen) atoms. The quantitative estimate of drug-likeness (QED) is 0.377. The minimum atomic E-state index is 0.718. The van der Waals surface area contributed by atoms with Crippen molar-refractivity contribution >= 4 is 0 Å². The number of nitriles is 1. The third-order valence-electron chi connectivity index (χ3n) is 5.85. The van der Waals surface area contributed by atoms with Gasteiger partial charge in [0.1, 0.15) is 7.05 Å². The summed E-state index contributed by atoms with van der Waals surface area (Å²) in [6.07, 6.45) is 2.12. The molecule has 3 aromatic carbocycles. The van der Waals surface area contributed by atoms with Gasteiger partial charge in [-0.2, -0.15) is 5.26 Å². The van der Waals surface area contributed by atoms with E-state index in [2.05, 4.69) is 99.2 Å². The van der Waals surface area contributed by atoms with Crippen molar-refractivity contribution in [1.29, 1.82) is 5.26 Å². The third-order valence-corrected chi connectivity index (χ3v) is 5.85. The van der Waals surface area contributed by atoms with Crippen LogP contribution in [0.15, 0.2) is 79.0 Å². The molecular weight excluding hydrogens is 364 g/mol. The van der Waals surface area contributed by atoms with Crippen molar-refractivity contribution in [3.8, 4) is 39.6 Å². The predicted octanol–water partition coefficient (Wildman–Crippen LogP) is 6.31. The summed E-state index contributed by atoms with van der Waals surface area (Å²) >= 11 is 0. The molecule has 0 aliphatic carbocycles. The lowest BCUT2D eigenvalue weighted by atomic mass is 9.87. The first-order valence-electron chi connectivity index (χ1n) is 10.2. The molecule has 1 aromatic heterocycles. The molecule has 0 bridgehead atoms. The van der Waals surface area contributed by atoms with Gasteiger partial charge in [0, 0.05) is 17.7 Å². The van der Waals surface area contributed by atoms with E-state index in [0.29, 0.717) is 0 Å². The molecule has 0 fully saturated rings. The van der Waals surface area contributed by atoms with Crippen molar-refractivity contribution in [2.45, 2.75) is 20.8 Å². The zero-order valence-electron chi connectivity index (χ0n) is 17.9. The Morgan fingerprint density at radius 3 is 2.20 bits per heavy atom. The van der Waals surface area contributed by atoms with Crippen LogP contribution in [0.1, 0.15) is 22.3 Å². The van der Waals surface area contributed by atoms with Crippen LogP contribution in [-0.2, 0) is 7.05 Å². The molecule has 0 unspecified atom stereocenters. The Kier molecular flexibility index (Phi) is 5.21. The molecule has 0 saturated carbocycles. The monoisotopic (exact) mass is 389 g/mol. The Balaban J connectivity index is 1.97. The van der Waals surface area contributed by atoms with Crippen molar-refractivity contribution < 1.29 is 4.57 Å². The fraction of sp³-hybridized carbons (Fsp3) is 0.143. The molecule has 0 spiro atoms. The molecule has 0 saturated heterocycles. The summed E-state index contributed by atoms with van der Waals surface area (Å²) in [6.45, 7) is 6.40.